The number of rotatable bonds is 5. The van der Waals surface area contributed by atoms with Crippen molar-refractivity contribution in [3.63, 3.8) is 0 Å². The standard InChI is InChI=1S/C16H14OS3/c18-15(17-13-7-3-1-4-8-13)11-12-16(19)20-14-9-5-2-6-10-14/h1-10H,11-12H2. The molecule has 0 aromatic heterocycles. The molecule has 20 heavy (non-hydrogen) atoms. The van der Waals surface area contributed by atoms with Crippen LogP contribution in [0, 0.1) is 0 Å². The van der Waals surface area contributed by atoms with Crippen LogP contribution in [-0.4, -0.2) is 9.25 Å². The molecule has 2 rings (SSSR count). The normalized spacial score (nSPS) is 10.0. The summed E-state index contributed by atoms with van der Waals surface area (Å²) in [5.41, 5.74) is 0. The molecular weight excluding hydrogens is 304 g/mol. The topological polar surface area (TPSA) is 9.23 Å². The quantitative estimate of drug-likeness (QED) is 0.546. The highest BCUT2D eigenvalue weighted by atomic mass is 32.2. The monoisotopic (exact) mass is 318 g/mol. The lowest BCUT2D eigenvalue weighted by molar-refractivity contribution is 0.549. The summed E-state index contributed by atoms with van der Waals surface area (Å²) in [4.78, 5) is 1.16. The Hall–Kier alpha value is -1.23. The van der Waals surface area contributed by atoms with Crippen molar-refractivity contribution in [1.29, 1.82) is 0 Å². The van der Waals surface area contributed by atoms with Gasteiger partial charge in [-0.25, -0.2) is 0 Å². The van der Waals surface area contributed by atoms with E-state index < -0.39 is 0 Å². The van der Waals surface area contributed by atoms with Crippen LogP contribution >= 0.6 is 36.2 Å². The summed E-state index contributed by atoms with van der Waals surface area (Å²) in [5, 5.41) is 0.576. The van der Waals surface area contributed by atoms with E-state index in [2.05, 4.69) is 12.1 Å². The maximum atomic E-state index is 5.58. The highest BCUT2D eigenvalue weighted by Gasteiger charge is 2.05. The Morgan fingerprint density at radius 1 is 0.850 bits per heavy atom. The van der Waals surface area contributed by atoms with E-state index in [1.807, 2.05) is 48.5 Å². The lowest BCUT2D eigenvalue weighted by Gasteiger charge is -2.07. The van der Waals surface area contributed by atoms with Crippen LogP contribution in [0.25, 0.3) is 0 Å². The molecule has 102 valence electrons. The Labute approximate surface area is 134 Å². The molecule has 0 bridgehead atoms. The highest BCUT2D eigenvalue weighted by Crippen LogP contribution is 2.22. The van der Waals surface area contributed by atoms with Gasteiger partial charge in [-0.05, 0) is 42.9 Å². The van der Waals surface area contributed by atoms with Crippen molar-refractivity contribution in [3.05, 3.63) is 60.7 Å². The van der Waals surface area contributed by atoms with Gasteiger partial charge in [0, 0.05) is 11.3 Å². The van der Waals surface area contributed by atoms with Gasteiger partial charge in [-0.3, -0.25) is 0 Å². The fourth-order valence-electron chi connectivity index (χ4n) is 1.55. The molecule has 2 aromatic rings. The van der Waals surface area contributed by atoms with E-state index in [-0.39, 0.29) is 0 Å². The van der Waals surface area contributed by atoms with Crippen LogP contribution in [0.4, 0.5) is 0 Å². The predicted octanol–water partition coefficient (Wildman–Crippen LogP) is 5.29. The van der Waals surface area contributed by atoms with Crippen LogP contribution in [-0.2, 0) is 0 Å². The molecule has 0 N–H and O–H groups in total. The lowest BCUT2D eigenvalue weighted by atomic mass is 10.3. The molecule has 1 nitrogen and oxygen atoms in total. The molecule has 4 heteroatoms. The summed E-state index contributed by atoms with van der Waals surface area (Å²) in [6, 6.07) is 19.7. The van der Waals surface area contributed by atoms with Crippen molar-refractivity contribution in [2.45, 2.75) is 17.7 Å². The van der Waals surface area contributed by atoms with E-state index in [1.54, 1.807) is 11.8 Å². The fraction of sp³-hybridized carbons (Fsp3) is 0.125. The minimum absolute atomic E-state index is 0.576. The summed E-state index contributed by atoms with van der Waals surface area (Å²) >= 11 is 12.2. The van der Waals surface area contributed by atoms with Gasteiger partial charge in [-0.2, -0.15) is 0 Å². The van der Waals surface area contributed by atoms with Gasteiger partial charge in [0.1, 0.15) is 5.75 Å². The molecule has 0 aliphatic rings. The third-order valence-electron chi connectivity index (χ3n) is 2.48. The molecule has 0 fully saturated rings. The van der Waals surface area contributed by atoms with E-state index in [0.717, 1.165) is 21.3 Å². The molecular formula is C16H14OS3. The summed E-state index contributed by atoms with van der Waals surface area (Å²) in [6.07, 6.45) is 1.42. The molecule has 0 aliphatic carbocycles. The van der Waals surface area contributed by atoms with E-state index in [0.29, 0.717) is 11.5 Å². The minimum Gasteiger partial charge on any atom is -0.450 e. The fourth-order valence-corrected chi connectivity index (χ4v) is 2.90. The van der Waals surface area contributed by atoms with Crippen molar-refractivity contribution in [2.24, 2.45) is 0 Å². The van der Waals surface area contributed by atoms with Crippen molar-refractivity contribution in [2.75, 3.05) is 0 Å². The van der Waals surface area contributed by atoms with Gasteiger partial charge in [-0.15, -0.1) is 0 Å². The van der Waals surface area contributed by atoms with E-state index in [4.69, 9.17) is 29.2 Å². The first kappa shape index (κ1) is 15.2. The maximum absolute atomic E-state index is 5.58. The molecule has 0 spiro atoms. The first-order valence-corrected chi connectivity index (χ1v) is 7.89. The molecule has 0 saturated heterocycles. The molecule has 0 amide bonds. The number of thioether (sulfide) groups is 1. The number of hydrogen-bond acceptors (Lipinski definition) is 4. The molecule has 0 atom stereocenters. The Morgan fingerprint density at radius 3 is 2.10 bits per heavy atom. The average Bonchev–Trinajstić information content (AvgIpc) is 2.47. The van der Waals surface area contributed by atoms with Crippen LogP contribution in [0.1, 0.15) is 12.8 Å². The first-order chi connectivity index (χ1) is 9.74. The van der Waals surface area contributed by atoms with Crippen LogP contribution < -0.4 is 4.74 Å². The second-order valence-electron chi connectivity index (χ2n) is 4.07. The second-order valence-corrected chi connectivity index (χ2v) is 6.45. The Morgan fingerprint density at radius 2 is 1.45 bits per heavy atom. The lowest BCUT2D eigenvalue weighted by Crippen LogP contribution is -2.06. The number of thiocarbonyl (C=S) groups is 2. The molecule has 0 unspecified atom stereocenters. The largest absolute Gasteiger partial charge is 0.450 e. The molecule has 0 saturated carbocycles. The highest BCUT2D eigenvalue weighted by molar-refractivity contribution is 8.23. The zero-order valence-corrected chi connectivity index (χ0v) is 13.3. The molecule has 0 heterocycles. The van der Waals surface area contributed by atoms with Gasteiger partial charge in [0.25, 0.3) is 0 Å². The van der Waals surface area contributed by atoms with E-state index >= 15 is 0 Å². The SMILES string of the molecule is S=C(CCC(=S)Sc1ccccc1)Oc1ccccc1. The summed E-state index contributed by atoms with van der Waals surface area (Å²) in [7, 11) is 0. The Kier molecular flexibility index (Phi) is 6.18. The van der Waals surface area contributed by atoms with Crippen molar-refractivity contribution in [3.8, 4) is 5.75 Å². The van der Waals surface area contributed by atoms with Gasteiger partial charge >= 0.3 is 0 Å². The van der Waals surface area contributed by atoms with Gasteiger partial charge in [0.15, 0.2) is 5.05 Å². The molecule has 0 radical (unpaired) electrons. The number of ether oxygens (including phenoxy) is 1. The van der Waals surface area contributed by atoms with Crippen molar-refractivity contribution < 1.29 is 4.74 Å². The van der Waals surface area contributed by atoms with Crippen molar-refractivity contribution >= 4 is 45.4 Å². The van der Waals surface area contributed by atoms with Crippen molar-refractivity contribution in [1.82, 2.24) is 0 Å². The zero-order valence-electron chi connectivity index (χ0n) is 10.8. The second kappa shape index (κ2) is 8.15. The molecule has 0 aliphatic heterocycles. The summed E-state index contributed by atoms with van der Waals surface area (Å²) < 4.78 is 6.50. The number of benzene rings is 2. The smallest absolute Gasteiger partial charge is 0.167 e. The van der Waals surface area contributed by atoms with E-state index in [9.17, 15) is 0 Å². The van der Waals surface area contributed by atoms with Crippen LogP contribution in [0.2, 0.25) is 0 Å². The Bertz CT molecular complexity index is 513. The van der Waals surface area contributed by atoms with Gasteiger partial charge in [-0.1, -0.05) is 60.4 Å². The zero-order chi connectivity index (χ0) is 14.2. The average molecular weight is 318 g/mol. The van der Waals surface area contributed by atoms with Gasteiger partial charge < -0.3 is 4.74 Å². The summed E-state index contributed by atoms with van der Waals surface area (Å²) in [5.74, 6) is 0.777. The Balaban J connectivity index is 1.75. The minimum atomic E-state index is 0.576. The third-order valence-corrected chi connectivity index (χ3v) is 4.16. The van der Waals surface area contributed by atoms with Crippen LogP contribution in [0.5, 0.6) is 5.75 Å². The third kappa shape index (κ3) is 5.41. The first-order valence-electron chi connectivity index (χ1n) is 6.25. The van der Waals surface area contributed by atoms with E-state index in [1.165, 1.54) is 0 Å². The predicted molar refractivity (Wildman–Crippen MR) is 93.8 cm³/mol. The van der Waals surface area contributed by atoms with Gasteiger partial charge in [0.2, 0.25) is 0 Å². The number of para-hydroxylation sites is 1. The summed E-state index contributed by atoms with van der Waals surface area (Å²) in [6.45, 7) is 0. The maximum Gasteiger partial charge on any atom is 0.167 e. The molecule has 2 aromatic carbocycles. The van der Waals surface area contributed by atoms with Crippen LogP contribution in [0.15, 0.2) is 65.6 Å². The van der Waals surface area contributed by atoms with Gasteiger partial charge in [0.05, 0.1) is 4.20 Å². The number of hydrogen-bond donors (Lipinski definition) is 0. The van der Waals surface area contributed by atoms with Crippen LogP contribution in [0.3, 0.4) is 0 Å².